The fourth-order valence-corrected chi connectivity index (χ4v) is 2.62. The Morgan fingerprint density at radius 2 is 1.75 bits per heavy atom. The van der Waals surface area contributed by atoms with E-state index < -0.39 is 0 Å². The Kier molecular flexibility index (Phi) is 3.86. The molecule has 2 aromatic heterocycles. The van der Waals surface area contributed by atoms with Crippen molar-refractivity contribution in [1.29, 1.82) is 0 Å². The molecule has 0 aliphatic carbocycles. The molecule has 2 heterocycles. The molecule has 0 aliphatic heterocycles. The lowest BCUT2D eigenvalue weighted by Gasteiger charge is -2.07. The fourth-order valence-electron chi connectivity index (χ4n) is 2.62. The van der Waals surface area contributed by atoms with Crippen LogP contribution in [-0.4, -0.2) is 15.0 Å². The normalized spacial score (nSPS) is 10.7. The zero-order valence-electron chi connectivity index (χ0n) is 13.1. The minimum absolute atomic E-state index is 0.683. The Morgan fingerprint density at radius 3 is 2.62 bits per heavy atom. The summed E-state index contributed by atoms with van der Waals surface area (Å²) >= 11 is 0. The zero-order chi connectivity index (χ0) is 16.2. The van der Waals surface area contributed by atoms with Gasteiger partial charge in [-0.3, -0.25) is 4.98 Å². The summed E-state index contributed by atoms with van der Waals surface area (Å²) in [6.07, 6.45) is 5.40. The third kappa shape index (κ3) is 3.08. The van der Waals surface area contributed by atoms with Crippen LogP contribution in [0.15, 0.2) is 79.3 Å². The molecule has 0 saturated carbocycles. The summed E-state index contributed by atoms with van der Waals surface area (Å²) in [4.78, 5) is 13.1. The van der Waals surface area contributed by atoms with Gasteiger partial charge in [-0.15, -0.1) is 0 Å². The molecule has 4 aromatic rings. The van der Waals surface area contributed by atoms with Gasteiger partial charge in [0.05, 0.1) is 0 Å². The summed E-state index contributed by atoms with van der Waals surface area (Å²) in [5.74, 6) is 1.52. The van der Waals surface area contributed by atoms with Gasteiger partial charge in [-0.1, -0.05) is 42.5 Å². The van der Waals surface area contributed by atoms with Crippen LogP contribution in [-0.2, 0) is 6.54 Å². The molecule has 1 N–H and O–H groups in total. The largest absolute Gasteiger partial charge is 0.366 e. The van der Waals surface area contributed by atoms with Crippen LogP contribution >= 0.6 is 0 Å². The Balaban J connectivity index is 1.59. The number of hydrogen-bond donors (Lipinski definition) is 1. The number of benzene rings is 2. The van der Waals surface area contributed by atoms with Crippen molar-refractivity contribution in [3.05, 3.63) is 84.8 Å². The molecule has 4 rings (SSSR count). The number of nitrogens with one attached hydrogen (secondary N) is 1. The molecule has 2 aromatic carbocycles. The van der Waals surface area contributed by atoms with Crippen molar-refractivity contribution in [2.24, 2.45) is 0 Å². The molecule has 24 heavy (non-hydrogen) atoms. The summed E-state index contributed by atoms with van der Waals surface area (Å²) < 4.78 is 0. The first-order chi connectivity index (χ1) is 11.9. The molecule has 0 atom stereocenters. The minimum atomic E-state index is 0.683. The van der Waals surface area contributed by atoms with E-state index in [0.29, 0.717) is 6.54 Å². The van der Waals surface area contributed by atoms with Crippen LogP contribution in [0.2, 0.25) is 0 Å². The average molecular weight is 312 g/mol. The highest BCUT2D eigenvalue weighted by molar-refractivity contribution is 5.86. The fraction of sp³-hybridized carbons (Fsp3) is 0.0500. The van der Waals surface area contributed by atoms with Crippen molar-refractivity contribution < 1.29 is 0 Å². The summed E-state index contributed by atoms with van der Waals surface area (Å²) in [5, 5.41) is 5.72. The first-order valence-electron chi connectivity index (χ1n) is 7.83. The lowest BCUT2D eigenvalue weighted by molar-refractivity contribution is 1.07. The van der Waals surface area contributed by atoms with Gasteiger partial charge in [0.1, 0.15) is 5.82 Å². The topological polar surface area (TPSA) is 50.7 Å². The first-order valence-corrected chi connectivity index (χ1v) is 7.83. The van der Waals surface area contributed by atoms with E-state index in [4.69, 9.17) is 0 Å². The molecule has 0 spiro atoms. The SMILES string of the molecule is c1cncc(CNc2ccnc(-c3ccc4ccccc4c3)n2)c1. The number of nitrogens with zero attached hydrogens (tertiary/aromatic N) is 3. The number of anilines is 1. The first kappa shape index (κ1) is 14.3. The summed E-state index contributed by atoms with van der Waals surface area (Å²) in [6.45, 7) is 0.683. The number of hydrogen-bond acceptors (Lipinski definition) is 4. The van der Waals surface area contributed by atoms with Gasteiger partial charge < -0.3 is 5.32 Å². The molecule has 0 radical (unpaired) electrons. The van der Waals surface area contributed by atoms with Gasteiger partial charge >= 0.3 is 0 Å². The predicted octanol–water partition coefficient (Wildman–Crippen LogP) is 4.30. The molecular formula is C20H16N4. The molecule has 4 nitrogen and oxygen atoms in total. The Morgan fingerprint density at radius 1 is 0.833 bits per heavy atom. The second-order valence-electron chi connectivity index (χ2n) is 5.54. The zero-order valence-corrected chi connectivity index (χ0v) is 13.1. The molecule has 0 amide bonds. The smallest absolute Gasteiger partial charge is 0.161 e. The molecule has 0 fully saturated rings. The van der Waals surface area contributed by atoms with E-state index in [-0.39, 0.29) is 0 Å². The predicted molar refractivity (Wildman–Crippen MR) is 96.5 cm³/mol. The van der Waals surface area contributed by atoms with Crippen molar-refractivity contribution >= 4 is 16.6 Å². The van der Waals surface area contributed by atoms with E-state index in [2.05, 4.69) is 50.6 Å². The van der Waals surface area contributed by atoms with Gasteiger partial charge in [-0.25, -0.2) is 9.97 Å². The van der Waals surface area contributed by atoms with Gasteiger partial charge in [0.2, 0.25) is 0 Å². The summed E-state index contributed by atoms with van der Waals surface area (Å²) in [7, 11) is 0. The second-order valence-corrected chi connectivity index (χ2v) is 5.54. The molecule has 4 heteroatoms. The number of pyridine rings is 1. The van der Waals surface area contributed by atoms with Crippen molar-refractivity contribution in [3.8, 4) is 11.4 Å². The van der Waals surface area contributed by atoms with Crippen LogP contribution in [0.4, 0.5) is 5.82 Å². The highest BCUT2D eigenvalue weighted by atomic mass is 15.0. The van der Waals surface area contributed by atoms with Crippen LogP contribution in [0.5, 0.6) is 0 Å². The molecule has 116 valence electrons. The Bertz CT molecular complexity index is 967. The van der Waals surface area contributed by atoms with Crippen LogP contribution in [0.3, 0.4) is 0 Å². The van der Waals surface area contributed by atoms with Gasteiger partial charge in [0, 0.05) is 30.7 Å². The average Bonchev–Trinajstić information content (AvgIpc) is 2.67. The van der Waals surface area contributed by atoms with Gasteiger partial charge in [-0.2, -0.15) is 0 Å². The van der Waals surface area contributed by atoms with Crippen LogP contribution in [0.1, 0.15) is 5.56 Å². The van der Waals surface area contributed by atoms with Crippen molar-refractivity contribution in [2.45, 2.75) is 6.54 Å². The lowest BCUT2D eigenvalue weighted by atomic mass is 10.1. The molecule has 0 unspecified atom stereocenters. The Labute approximate surface area is 140 Å². The highest BCUT2D eigenvalue weighted by Gasteiger charge is 2.04. The lowest BCUT2D eigenvalue weighted by Crippen LogP contribution is -2.02. The van der Waals surface area contributed by atoms with Crippen molar-refractivity contribution in [3.63, 3.8) is 0 Å². The quantitative estimate of drug-likeness (QED) is 0.610. The molecule has 0 aliphatic rings. The number of fused-ring (bicyclic) bond motifs is 1. The van der Waals surface area contributed by atoms with E-state index >= 15 is 0 Å². The Hall–Kier alpha value is -3.27. The maximum Gasteiger partial charge on any atom is 0.161 e. The van der Waals surface area contributed by atoms with E-state index in [1.165, 1.54) is 10.8 Å². The van der Waals surface area contributed by atoms with E-state index in [1.807, 2.05) is 36.5 Å². The van der Waals surface area contributed by atoms with Crippen LogP contribution in [0.25, 0.3) is 22.2 Å². The monoisotopic (exact) mass is 312 g/mol. The molecule has 0 bridgehead atoms. The third-order valence-electron chi connectivity index (χ3n) is 3.86. The maximum absolute atomic E-state index is 4.62. The second kappa shape index (κ2) is 6.46. The third-order valence-corrected chi connectivity index (χ3v) is 3.86. The van der Waals surface area contributed by atoms with Crippen LogP contribution < -0.4 is 5.32 Å². The summed E-state index contributed by atoms with van der Waals surface area (Å²) in [5.41, 5.74) is 2.13. The van der Waals surface area contributed by atoms with Gasteiger partial charge in [0.25, 0.3) is 0 Å². The minimum Gasteiger partial charge on any atom is -0.366 e. The molecular weight excluding hydrogens is 296 g/mol. The summed E-state index contributed by atoms with van der Waals surface area (Å²) in [6, 6.07) is 20.4. The van der Waals surface area contributed by atoms with Crippen molar-refractivity contribution in [2.75, 3.05) is 5.32 Å². The standard InChI is InChI=1S/C20H16N4/c1-2-6-17-12-18(8-7-16(17)5-1)20-22-11-9-19(24-20)23-14-15-4-3-10-21-13-15/h1-13H,14H2,(H,22,23,24). The number of rotatable bonds is 4. The van der Waals surface area contributed by atoms with E-state index in [0.717, 1.165) is 22.8 Å². The highest BCUT2D eigenvalue weighted by Crippen LogP contribution is 2.22. The number of aromatic nitrogens is 3. The van der Waals surface area contributed by atoms with Crippen molar-refractivity contribution in [1.82, 2.24) is 15.0 Å². The van der Waals surface area contributed by atoms with Gasteiger partial charge in [0.15, 0.2) is 5.82 Å². The van der Waals surface area contributed by atoms with Crippen LogP contribution in [0, 0.1) is 0 Å². The van der Waals surface area contributed by atoms with E-state index in [9.17, 15) is 0 Å². The molecule has 0 saturated heterocycles. The van der Waals surface area contributed by atoms with Gasteiger partial charge in [-0.05, 0) is 34.5 Å². The maximum atomic E-state index is 4.62. The van der Waals surface area contributed by atoms with E-state index in [1.54, 1.807) is 12.4 Å².